The van der Waals surface area contributed by atoms with Crippen LogP contribution >= 0.6 is 0 Å². The van der Waals surface area contributed by atoms with Crippen LogP contribution in [0.4, 0.5) is 0 Å². The van der Waals surface area contributed by atoms with Crippen molar-refractivity contribution < 1.29 is 15.0 Å². The molecule has 0 bridgehead atoms. The van der Waals surface area contributed by atoms with Crippen LogP contribution in [0.2, 0.25) is 0 Å². The Hall–Kier alpha value is -2.54. The molecule has 0 saturated carbocycles. The molecule has 0 aliphatic rings. The molecule has 0 fully saturated rings. The lowest BCUT2D eigenvalue weighted by Crippen LogP contribution is -1.91. The number of phenols is 2. The van der Waals surface area contributed by atoms with E-state index in [1.165, 1.54) is 31.2 Å². The summed E-state index contributed by atoms with van der Waals surface area (Å²) in [5, 5.41) is 27.0. The van der Waals surface area contributed by atoms with E-state index in [2.05, 4.69) is 0 Å². The molecule has 0 heterocycles. The highest BCUT2D eigenvalue weighted by Gasteiger charge is 1.99. The Bertz CT molecular complexity index is 536. The summed E-state index contributed by atoms with van der Waals surface area (Å²) < 4.78 is 0. The van der Waals surface area contributed by atoms with Gasteiger partial charge in [0.25, 0.3) is 0 Å². The Morgan fingerprint density at radius 1 is 1.35 bits per heavy atom. The zero-order valence-electron chi connectivity index (χ0n) is 9.21. The maximum atomic E-state index is 10.9. The fraction of sp³-hybridized carbons (Fsp3) is 0.0769. The first-order chi connectivity index (χ1) is 8.04. The Balaban J connectivity index is 2.88. The van der Waals surface area contributed by atoms with Gasteiger partial charge >= 0.3 is 0 Å². The smallest absolute Gasteiger partial charge is 0.170 e. The summed E-state index contributed by atoms with van der Waals surface area (Å²) in [7, 11) is 0. The number of carbonyl (C=O) groups excluding carboxylic acids is 1. The van der Waals surface area contributed by atoms with Crippen molar-refractivity contribution in [2.45, 2.75) is 6.92 Å². The van der Waals surface area contributed by atoms with E-state index in [1.807, 2.05) is 0 Å². The van der Waals surface area contributed by atoms with Gasteiger partial charge < -0.3 is 10.2 Å². The van der Waals surface area contributed by atoms with Crippen LogP contribution < -0.4 is 0 Å². The van der Waals surface area contributed by atoms with Crippen molar-refractivity contribution in [3.63, 3.8) is 0 Å². The number of aromatic hydroxyl groups is 2. The van der Waals surface area contributed by atoms with Gasteiger partial charge in [-0.15, -0.1) is 0 Å². The molecule has 0 atom stereocenters. The highest BCUT2D eigenvalue weighted by atomic mass is 16.3. The van der Waals surface area contributed by atoms with Gasteiger partial charge in [-0.3, -0.25) is 4.79 Å². The minimum absolute atomic E-state index is 0.0595. The first kappa shape index (κ1) is 12.5. The molecule has 0 radical (unpaired) electrons. The monoisotopic (exact) mass is 229 g/mol. The molecule has 86 valence electrons. The first-order valence-electron chi connectivity index (χ1n) is 4.86. The summed E-state index contributed by atoms with van der Waals surface area (Å²) in [6.07, 6.45) is 4.54. The molecule has 1 rings (SSSR count). The number of hydrogen-bond donors (Lipinski definition) is 2. The second kappa shape index (κ2) is 5.52. The van der Waals surface area contributed by atoms with Crippen molar-refractivity contribution >= 4 is 11.9 Å². The van der Waals surface area contributed by atoms with Crippen LogP contribution in [0.3, 0.4) is 0 Å². The van der Waals surface area contributed by atoms with Crippen LogP contribution in [-0.4, -0.2) is 16.0 Å². The third kappa shape index (κ3) is 3.50. The zero-order chi connectivity index (χ0) is 12.8. The van der Waals surface area contributed by atoms with Crippen molar-refractivity contribution in [1.82, 2.24) is 0 Å². The van der Waals surface area contributed by atoms with Gasteiger partial charge in [0, 0.05) is 0 Å². The predicted octanol–water partition coefficient (Wildman–Crippen LogP) is 2.15. The van der Waals surface area contributed by atoms with E-state index in [-0.39, 0.29) is 22.9 Å². The molecule has 17 heavy (non-hydrogen) atoms. The predicted molar refractivity (Wildman–Crippen MR) is 63.2 cm³/mol. The summed E-state index contributed by atoms with van der Waals surface area (Å²) in [6.45, 7) is 1.31. The van der Waals surface area contributed by atoms with Crippen LogP contribution in [0.15, 0.2) is 35.9 Å². The topological polar surface area (TPSA) is 81.3 Å². The van der Waals surface area contributed by atoms with E-state index < -0.39 is 0 Å². The van der Waals surface area contributed by atoms with Gasteiger partial charge in [-0.05, 0) is 30.7 Å². The average Bonchev–Trinajstić information content (AvgIpc) is 2.28. The molecule has 0 saturated heterocycles. The average molecular weight is 229 g/mol. The molecule has 0 aromatic heterocycles. The quantitative estimate of drug-likeness (QED) is 0.360. The fourth-order valence-electron chi connectivity index (χ4n) is 1.13. The number of hydrogen-bond acceptors (Lipinski definition) is 4. The number of rotatable bonds is 3. The molecule has 0 unspecified atom stereocenters. The molecule has 2 N–H and O–H groups in total. The second-order valence-corrected chi connectivity index (χ2v) is 3.36. The number of nitrogens with zero attached hydrogens (tertiary/aromatic N) is 1. The highest BCUT2D eigenvalue weighted by molar-refractivity contribution is 5.97. The molecule has 0 spiro atoms. The van der Waals surface area contributed by atoms with Gasteiger partial charge in [0.1, 0.15) is 6.07 Å². The molecule has 0 amide bonds. The number of nitriles is 1. The zero-order valence-corrected chi connectivity index (χ0v) is 9.21. The van der Waals surface area contributed by atoms with Crippen LogP contribution in [-0.2, 0) is 4.79 Å². The normalized spacial score (nSPS) is 11.4. The fourth-order valence-corrected chi connectivity index (χ4v) is 1.13. The van der Waals surface area contributed by atoms with Crippen LogP contribution in [0, 0.1) is 11.3 Å². The van der Waals surface area contributed by atoms with E-state index >= 15 is 0 Å². The number of benzene rings is 1. The maximum Gasteiger partial charge on any atom is 0.170 e. The minimum Gasteiger partial charge on any atom is -0.504 e. The number of ketones is 1. The number of Topliss-reactive ketones (excluding diaryl/α,β-unsaturated/α-hetero) is 1. The van der Waals surface area contributed by atoms with E-state index in [0.717, 1.165) is 0 Å². The van der Waals surface area contributed by atoms with Crippen molar-refractivity contribution in [3.8, 4) is 17.6 Å². The summed E-state index contributed by atoms with van der Waals surface area (Å²) in [5.41, 5.74) is 0.710. The Morgan fingerprint density at radius 3 is 2.59 bits per heavy atom. The van der Waals surface area contributed by atoms with E-state index in [1.54, 1.807) is 18.2 Å². The SMILES string of the molecule is CC(=O)/C(C#N)=C/C=C/c1ccc(O)c(O)c1. The van der Waals surface area contributed by atoms with E-state index in [0.29, 0.717) is 5.56 Å². The number of carbonyl (C=O) groups is 1. The van der Waals surface area contributed by atoms with Gasteiger partial charge in [0.15, 0.2) is 17.3 Å². The van der Waals surface area contributed by atoms with E-state index in [9.17, 15) is 9.90 Å². The number of allylic oxidation sites excluding steroid dienone is 3. The van der Waals surface area contributed by atoms with Crippen LogP contribution in [0.1, 0.15) is 12.5 Å². The van der Waals surface area contributed by atoms with Crippen molar-refractivity contribution in [3.05, 3.63) is 41.5 Å². The Labute approximate surface area is 98.7 Å². The minimum atomic E-state index is -0.300. The Kier molecular flexibility index (Phi) is 4.07. The first-order valence-corrected chi connectivity index (χ1v) is 4.86. The largest absolute Gasteiger partial charge is 0.504 e. The summed E-state index contributed by atoms with van der Waals surface area (Å²) in [5.74, 6) is -0.715. The van der Waals surface area contributed by atoms with Gasteiger partial charge in [-0.25, -0.2) is 0 Å². The number of phenolic OH excluding ortho intramolecular Hbond substituents is 2. The lowest BCUT2D eigenvalue weighted by molar-refractivity contribution is -0.113. The molecule has 1 aromatic rings. The van der Waals surface area contributed by atoms with Gasteiger partial charge in [-0.2, -0.15) is 5.26 Å². The van der Waals surface area contributed by atoms with Crippen LogP contribution in [0.5, 0.6) is 11.5 Å². The van der Waals surface area contributed by atoms with Crippen molar-refractivity contribution in [2.75, 3.05) is 0 Å². The highest BCUT2D eigenvalue weighted by Crippen LogP contribution is 2.25. The second-order valence-electron chi connectivity index (χ2n) is 3.36. The third-order valence-corrected chi connectivity index (χ3v) is 2.05. The lowest BCUT2D eigenvalue weighted by Gasteiger charge is -1.97. The van der Waals surface area contributed by atoms with Gasteiger partial charge in [-0.1, -0.05) is 18.2 Å². The standard InChI is InChI=1S/C13H11NO3/c1-9(15)11(8-14)4-2-3-10-5-6-12(16)13(17)7-10/h2-7,16-17H,1H3/b3-2+,11-4+. The molecule has 1 aromatic carbocycles. The van der Waals surface area contributed by atoms with Gasteiger partial charge in [0.2, 0.25) is 0 Å². The van der Waals surface area contributed by atoms with E-state index in [4.69, 9.17) is 10.4 Å². The molecule has 0 aliphatic heterocycles. The molecule has 4 heteroatoms. The van der Waals surface area contributed by atoms with Gasteiger partial charge in [0.05, 0.1) is 5.57 Å². The lowest BCUT2D eigenvalue weighted by atomic mass is 10.1. The molecule has 4 nitrogen and oxygen atoms in total. The van der Waals surface area contributed by atoms with Crippen molar-refractivity contribution in [1.29, 1.82) is 5.26 Å². The Morgan fingerprint density at radius 2 is 2.06 bits per heavy atom. The summed E-state index contributed by atoms with van der Waals surface area (Å²) in [6, 6.07) is 6.11. The van der Waals surface area contributed by atoms with Crippen LogP contribution in [0.25, 0.3) is 6.08 Å². The summed E-state index contributed by atoms with van der Waals surface area (Å²) in [4.78, 5) is 10.9. The molecular weight excluding hydrogens is 218 g/mol. The third-order valence-electron chi connectivity index (χ3n) is 2.05. The molecule has 0 aliphatic carbocycles. The maximum absolute atomic E-state index is 10.9. The molecular formula is C13H11NO3. The summed E-state index contributed by atoms with van der Waals surface area (Å²) >= 11 is 0. The van der Waals surface area contributed by atoms with Crippen molar-refractivity contribution in [2.24, 2.45) is 0 Å².